The molecule has 10 heteroatoms. The first-order valence-electron chi connectivity index (χ1n) is 4.72. The maximum absolute atomic E-state index is 11.3. The van der Waals surface area contributed by atoms with Crippen LogP contribution < -0.4 is 5.73 Å². The number of ether oxygens (including phenoxy) is 1. The lowest BCUT2D eigenvalue weighted by molar-refractivity contribution is -0.144. The molecule has 2 N–H and O–H groups in total. The third-order valence-electron chi connectivity index (χ3n) is 1.84. The number of aromatic nitrogens is 6. The average Bonchev–Trinajstić information content (AvgIpc) is 2.87. The zero-order chi connectivity index (χ0) is 12.3. The summed E-state index contributed by atoms with van der Waals surface area (Å²) in [4.78, 5) is 11.3. The number of rotatable bonds is 4. The van der Waals surface area contributed by atoms with Crippen molar-refractivity contribution in [1.29, 1.82) is 0 Å². The van der Waals surface area contributed by atoms with Gasteiger partial charge in [0.2, 0.25) is 5.82 Å². The highest BCUT2D eigenvalue weighted by atomic mass is 16.6. The van der Waals surface area contributed by atoms with Gasteiger partial charge >= 0.3 is 5.97 Å². The van der Waals surface area contributed by atoms with Crippen molar-refractivity contribution in [2.24, 2.45) is 0 Å². The molecule has 0 aromatic carbocycles. The molecule has 17 heavy (non-hydrogen) atoms. The van der Waals surface area contributed by atoms with Crippen molar-refractivity contribution < 1.29 is 14.2 Å². The summed E-state index contributed by atoms with van der Waals surface area (Å²) in [5.74, 6) is -0.224. The van der Waals surface area contributed by atoms with Gasteiger partial charge in [0.15, 0.2) is 11.5 Å². The summed E-state index contributed by atoms with van der Waals surface area (Å²) in [5.41, 5.74) is 5.68. The number of tetrazole rings is 1. The molecule has 0 unspecified atom stereocenters. The van der Waals surface area contributed by atoms with E-state index >= 15 is 0 Å². The first kappa shape index (κ1) is 11.0. The average molecular weight is 239 g/mol. The van der Waals surface area contributed by atoms with E-state index < -0.39 is 5.97 Å². The smallest absolute Gasteiger partial charge is 0.327 e. The fourth-order valence-corrected chi connectivity index (χ4v) is 1.16. The lowest BCUT2D eigenvalue weighted by atomic mass is 10.4. The van der Waals surface area contributed by atoms with Crippen LogP contribution in [0.15, 0.2) is 4.63 Å². The molecule has 0 bridgehead atoms. The van der Waals surface area contributed by atoms with Crippen LogP contribution >= 0.6 is 0 Å². The first-order valence-corrected chi connectivity index (χ1v) is 4.72. The van der Waals surface area contributed by atoms with Gasteiger partial charge in [-0.15, -0.1) is 5.10 Å². The van der Waals surface area contributed by atoms with Crippen LogP contribution in [-0.4, -0.2) is 43.1 Å². The second-order valence-electron chi connectivity index (χ2n) is 2.96. The van der Waals surface area contributed by atoms with Gasteiger partial charge in [-0.1, -0.05) is 0 Å². The monoisotopic (exact) mass is 239 g/mol. The second kappa shape index (κ2) is 4.55. The minimum absolute atomic E-state index is 0.0462. The standard InChI is InChI=1S/C7H9N7O3/c1-2-16-4(15)3-14-7(9-12-13-14)5-6(8)11-17-10-5/h2-3H2,1H3,(H2,8,11). The molecule has 0 saturated heterocycles. The van der Waals surface area contributed by atoms with Crippen molar-refractivity contribution in [2.75, 3.05) is 12.3 Å². The fourth-order valence-electron chi connectivity index (χ4n) is 1.16. The Morgan fingerprint density at radius 3 is 3.00 bits per heavy atom. The highest BCUT2D eigenvalue weighted by Crippen LogP contribution is 2.18. The van der Waals surface area contributed by atoms with Crippen LogP contribution in [-0.2, 0) is 16.1 Å². The van der Waals surface area contributed by atoms with Gasteiger partial charge in [-0.25, -0.2) is 9.31 Å². The van der Waals surface area contributed by atoms with Crippen LogP contribution in [0.3, 0.4) is 0 Å². The Morgan fingerprint density at radius 2 is 2.35 bits per heavy atom. The minimum atomic E-state index is -0.462. The molecule has 0 aliphatic heterocycles. The number of hydrogen-bond donors (Lipinski definition) is 1. The molecule has 2 aromatic rings. The molecule has 2 rings (SSSR count). The molecule has 0 aliphatic carbocycles. The summed E-state index contributed by atoms with van der Waals surface area (Å²) in [6.07, 6.45) is 0. The largest absolute Gasteiger partial charge is 0.465 e. The van der Waals surface area contributed by atoms with E-state index in [1.807, 2.05) is 0 Å². The van der Waals surface area contributed by atoms with E-state index in [9.17, 15) is 4.79 Å². The lowest BCUT2D eigenvalue weighted by Crippen LogP contribution is -2.15. The number of nitrogens with zero attached hydrogens (tertiary/aromatic N) is 6. The Hall–Kier alpha value is -2.52. The van der Waals surface area contributed by atoms with E-state index in [-0.39, 0.29) is 30.5 Å². The van der Waals surface area contributed by atoms with Crippen molar-refractivity contribution in [2.45, 2.75) is 13.5 Å². The Bertz CT molecular complexity index is 519. The third kappa shape index (κ3) is 2.19. The molecule has 0 aliphatic rings. The second-order valence-corrected chi connectivity index (χ2v) is 2.96. The highest BCUT2D eigenvalue weighted by Gasteiger charge is 2.19. The van der Waals surface area contributed by atoms with Crippen molar-refractivity contribution in [3.05, 3.63) is 0 Å². The van der Waals surface area contributed by atoms with Crippen molar-refractivity contribution in [3.63, 3.8) is 0 Å². The maximum atomic E-state index is 11.3. The van der Waals surface area contributed by atoms with E-state index in [4.69, 9.17) is 10.5 Å². The van der Waals surface area contributed by atoms with Crippen LogP contribution in [0, 0.1) is 0 Å². The Kier molecular flexibility index (Phi) is 2.94. The van der Waals surface area contributed by atoms with Gasteiger partial charge in [0.1, 0.15) is 6.54 Å². The maximum Gasteiger partial charge on any atom is 0.327 e. The molecule has 10 nitrogen and oxygen atoms in total. The third-order valence-corrected chi connectivity index (χ3v) is 1.84. The predicted octanol–water partition coefficient (Wildman–Crippen LogP) is -1.13. The summed E-state index contributed by atoms with van der Waals surface area (Å²) in [6, 6.07) is 0. The summed E-state index contributed by atoms with van der Waals surface area (Å²) in [5, 5.41) is 17.7. The number of esters is 1. The molecule has 2 aromatic heterocycles. The molecule has 90 valence electrons. The zero-order valence-corrected chi connectivity index (χ0v) is 8.90. The summed E-state index contributed by atoms with van der Waals surface area (Å²) in [7, 11) is 0. The molecule has 0 radical (unpaired) electrons. The van der Waals surface area contributed by atoms with Gasteiger partial charge in [0, 0.05) is 0 Å². The molecule has 0 saturated carbocycles. The van der Waals surface area contributed by atoms with Gasteiger partial charge in [0.05, 0.1) is 6.61 Å². The lowest BCUT2D eigenvalue weighted by Gasteiger charge is -2.02. The SMILES string of the molecule is CCOC(=O)Cn1nnnc1-c1nonc1N. The van der Waals surface area contributed by atoms with E-state index in [0.29, 0.717) is 0 Å². The number of anilines is 1. The zero-order valence-electron chi connectivity index (χ0n) is 8.90. The molecular weight excluding hydrogens is 230 g/mol. The van der Waals surface area contributed by atoms with Crippen LogP contribution in [0.1, 0.15) is 6.92 Å². The van der Waals surface area contributed by atoms with Gasteiger partial charge in [-0.3, -0.25) is 4.79 Å². The van der Waals surface area contributed by atoms with Crippen LogP contribution in [0.5, 0.6) is 0 Å². The fraction of sp³-hybridized carbons (Fsp3) is 0.429. The number of hydrogen-bond acceptors (Lipinski definition) is 9. The molecule has 0 fully saturated rings. The Labute approximate surface area is 94.7 Å². The van der Waals surface area contributed by atoms with E-state index in [1.165, 1.54) is 4.68 Å². The number of nitrogen functional groups attached to an aromatic ring is 1. The number of nitrogens with two attached hydrogens (primary N) is 1. The normalized spacial score (nSPS) is 10.4. The molecular formula is C7H9N7O3. The summed E-state index contributed by atoms with van der Waals surface area (Å²) >= 11 is 0. The van der Waals surface area contributed by atoms with E-state index in [1.54, 1.807) is 6.92 Å². The van der Waals surface area contributed by atoms with Gasteiger partial charge in [-0.2, -0.15) is 0 Å². The van der Waals surface area contributed by atoms with Gasteiger partial charge in [-0.05, 0) is 27.7 Å². The van der Waals surface area contributed by atoms with E-state index in [2.05, 4.69) is 30.5 Å². The van der Waals surface area contributed by atoms with Crippen LogP contribution in [0.2, 0.25) is 0 Å². The summed E-state index contributed by atoms with van der Waals surface area (Å²) in [6.45, 7) is 1.85. The van der Waals surface area contributed by atoms with Gasteiger partial charge < -0.3 is 10.5 Å². The predicted molar refractivity (Wildman–Crippen MR) is 52.2 cm³/mol. The van der Waals surface area contributed by atoms with Crippen LogP contribution in [0.25, 0.3) is 11.5 Å². The molecule has 2 heterocycles. The number of carbonyl (C=O) groups is 1. The van der Waals surface area contributed by atoms with Crippen molar-refractivity contribution >= 4 is 11.8 Å². The highest BCUT2D eigenvalue weighted by molar-refractivity contribution is 5.70. The first-order chi connectivity index (χ1) is 8.22. The van der Waals surface area contributed by atoms with E-state index in [0.717, 1.165) is 0 Å². The summed E-state index contributed by atoms with van der Waals surface area (Å²) < 4.78 is 10.4. The molecule has 0 atom stereocenters. The Morgan fingerprint density at radius 1 is 1.53 bits per heavy atom. The number of carbonyl (C=O) groups excluding carboxylic acids is 1. The Balaban J connectivity index is 2.23. The van der Waals surface area contributed by atoms with Crippen molar-refractivity contribution in [3.8, 4) is 11.5 Å². The topological polar surface area (TPSA) is 135 Å². The molecule has 0 amide bonds. The minimum Gasteiger partial charge on any atom is -0.465 e. The van der Waals surface area contributed by atoms with Crippen LogP contribution in [0.4, 0.5) is 5.82 Å². The van der Waals surface area contributed by atoms with Gasteiger partial charge in [0.25, 0.3) is 0 Å². The van der Waals surface area contributed by atoms with Crippen molar-refractivity contribution in [1.82, 2.24) is 30.5 Å². The quantitative estimate of drug-likeness (QED) is 0.657. The molecule has 0 spiro atoms.